The molecule has 0 saturated carbocycles. The summed E-state index contributed by atoms with van der Waals surface area (Å²) in [6.45, 7) is 5.14. The Hall–Kier alpha value is -1.73. The first kappa shape index (κ1) is 13.7. The number of aromatic amines is 1. The van der Waals surface area contributed by atoms with E-state index in [0.29, 0.717) is 19.0 Å². The van der Waals surface area contributed by atoms with Gasteiger partial charge >= 0.3 is 5.97 Å². The normalized spacial score (nSPS) is 20.2. The second kappa shape index (κ2) is 5.94. The van der Waals surface area contributed by atoms with Gasteiger partial charge in [-0.15, -0.1) is 0 Å². The molecule has 1 aliphatic rings. The molecule has 0 aliphatic carbocycles. The van der Waals surface area contributed by atoms with Crippen molar-refractivity contribution in [2.24, 2.45) is 0 Å². The van der Waals surface area contributed by atoms with E-state index in [2.05, 4.69) is 26.5 Å². The van der Waals surface area contributed by atoms with E-state index in [0.717, 1.165) is 13.1 Å². The van der Waals surface area contributed by atoms with Crippen molar-refractivity contribution in [3.05, 3.63) is 27.9 Å². The van der Waals surface area contributed by atoms with Crippen LogP contribution >= 0.6 is 0 Å². The van der Waals surface area contributed by atoms with Crippen molar-refractivity contribution < 1.29 is 14.3 Å². The Labute approximate surface area is 110 Å². The van der Waals surface area contributed by atoms with Crippen molar-refractivity contribution in [2.75, 3.05) is 33.4 Å². The Balaban J connectivity index is 2.20. The molecule has 1 aliphatic heterocycles. The summed E-state index contributed by atoms with van der Waals surface area (Å²) in [5, 5.41) is 0. The van der Waals surface area contributed by atoms with Crippen LogP contribution in [-0.2, 0) is 9.47 Å². The van der Waals surface area contributed by atoms with Gasteiger partial charge in [-0.3, -0.25) is 9.69 Å². The lowest BCUT2D eigenvalue weighted by Crippen LogP contribution is -2.39. The molecule has 1 N–H and O–H groups in total. The predicted molar refractivity (Wildman–Crippen MR) is 67.0 cm³/mol. The molecule has 7 heteroatoms. The number of morpholine rings is 1. The van der Waals surface area contributed by atoms with Crippen molar-refractivity contribution in [3.63, 3.8) is 0 Å². The van der Waals surface area contributed by atoms with E-state index in [1.807, 2.05) is 0 Å². The minimum absolute atomic E-state index is 0.102. The fraction of sp³-hybridized carbons (Fsp3) is 0.583. The molecule has 0 spiro atoms. The van der Waals surface area contributed by atoms with Gasteiger partial charge < -0.3 is 14.5 Å². The molecular formula is C12H17N3O4. The molecule has 1 atom stereocenters. The Bertz CT molecular complexity index is 514. The quantitative estimate of drug-likeness (QED) is 0.773. The number of ether oxygens (including phenoxy) is 2. The minimum Gasteiger partial charge on any atom is -0.465 e. The van der Waals surface area contributed by atoms with Crippen LogP contribution in [0.1, 0.15) is 29.2 Å². The summed E-state index contributed by atoms with van der Waals surface area (Å²) in [4.78, 5) is 32.0. The molecular weight excluding hydrogens is 250 g/mol. The van der Waals surface area contributed by atoms with Gasteiger partial charge in [-0.1, -0.05) is 6.92 Å². The monoisotopic (exact) mass is 267 g/mol. The van der Waals surface area contributed by atoms with Crippen molar-refractivity contribution in [3.8, 4) is 0 Å². The van der Waals surface area contributed by atoms with Crippen molar-refractivity contribution >= 4 is 5.97 Å². The third-order valence-electron chi connectivity index (χ3n) is 3.13. The number of nitrogens with zero attached hydrogens (tertiary/aromatic N) is 2. The second-order valence-corrected chi connectivity index (χ2v) is 4.26. The van der Waals surface area contributed by atoms with E-state index in [-0.39, 0.29) is 11.7 Å². The van der Waals surface area contributed by atoms with Gasteiger partial charge in [0.1, 0.15) is 17.5 Å². The summed E-state index contributed by atoms with van der Waals surface area (Å²) < 4.78 is 10.1. The predicted octanol–water partition coefficient (Wildman–Crippen LogP) is -0.0503. The molecule has 1 fully saturated rings. The number of rotatable bonds is 3. The number of esters is 1. The fourth-order valence-electron chi connectivity index (χ4n) is 1.98. The van der Waals surface area contributed by atoms with Gasteiger partial charge in [0.05, 0.1) is 13.7 Å². The van der Waals surface area contributed by atoms with Gasteiger partial charge in [-0.25, -0.2) is 9.78 Å². The van der Waals surface area contributed by atoms with E-state index in [4.69, 9.17) is 4.74 Å². The van der Waals surface area contributed by atoms with Crippen LogP contribution in [0.4, 0.5) is 0 Å². The lowest BCUT2D eigenvalue weighted by molar-refractivity contribution is -0.0327. The second-order valence-electron chi connectivity index (χ2n) is 4.26. The average Bonchev–Trinajstić information content (AvgIpc) is 2.46. The number of carbonyl (C=O) groups is 1. The molecule has 1 aromatic rings. The molecule has 0 bridgehead atoms. The maximum Gasteiger partial charge on any atom is 0.345 e. The Kier molecular flexibility index (Phi) is 4.28. The van der Waals surface area contributed by atoms with E-state index < -0.39 is 11.5 Å². The first-order valence-electron chi connectivity index (χ1n) is 6.17. The van der Waals surface area contributed by atoms with Gasteiger partial charge in [0.2, 0.25) is 0 Å². The Morgan fingerprint density at radius 2 is 2.47 bits per heavy atom. The number of carbonyl (C=O) groups excluding carboxylic acids is 1. The van der Waals surface area contributed by atoms with Crippen LogP contribution in [0.5, 0.6) is 0 Å². The first-order valence-corrected chi connectivity index (χ1v) is 6.17. The highest BCUT2D eigenvalue weighted by molar-refractivity contribution is 5.88. The van der Waals surface area contributed by atoms with Crippen LogP contribution in [0.3, 0.4) is 0 Å². The molecule has 0 amide bonds. The summed E-state index contributed by atoms with van der Waals surface area (Å²) in [6.07, 6.45) is 0.960. The van der Waals surface area contributed by atoms with Crippen molar-refractivity contribution in [1.82, 2.24) is 14.9 Å². The number of methoxy groups -OCH3 is 1. The molecule has 2 heterocycles. The number of likely N-dealkylation sites (N-methyl/N-ethyl adjacent to an activating group) is 1. The maximum absolute atomic E-state index is 11.8. The van der Waals surface area contributed by atoms with Crippen molar-refractivity contribution in [2.45, 2.75) is 13.0 Å². The molecule has 1 saturated heterocycles. The third-order valence-corrected chi connectivity index (χ3v) is 3.13. The standard InChI is InChI=1S/C12H17N3O4/c1-3-15-4-5-19-9(7-15)10-13-6-8(11(16)14-10)12(17)18-2/h6,9H,3-5,7H2,1-2H3,(H,13,14,16). The summed E-state index contributed by atoms with van der Waals surface area (Å²) in [6, 6.07) is 0. The van der Waals surface area contributed by atoms with Crippen LogP contribution < -0.4 is 5.56 Å². The van der Waals surface area contributed by atoms with Crippen LogP contribution in [-0.4, -0.2) is 54.2 Å². The van der Waals surface area contributed by atoms with Crippen LogP contribution in [0.25, 0.3) is 0 Å². The molecule has 7 nitrogen and oxygen atoms in total. The zero-order chi connectivity index (χ0) is 13.8. The fourth-order valence-corrected chi connectivity index (χ4v) is 1.98. The van der Waals surface area contributed by atoms with Gasteiger partial charge in [0.25, 0.3) is 5.56 Å². The topological polar surface area (TPSA) is 84.5 Å². The van der Waals surface area contributed by atoms with Gasteiger partial charge in [0.15, 0.2) is 0 Å². The molecule has 104 valence electrons. The van der Waals surface area contributed by atoms with Gasteiger partial charge in [0, 0.05) is 19.3 Å². The number of hydrogen-bond donors (Lipinski definition) is 1. The smallest absolute Gasteiger partial charge is 0.345 e. The number of H-pyrrole nitrogens is 1. The molecule has 0 aromatic carbocycles. The maximum atomic E-state index is 11.8. The van der Waals surface area contributed by atoms with Gasteiger partial charge in [-0.2, -0.15) is 0 Å². The highest BCUT2D eigenvalue weighted by Gasteiger charge is 2.23. The molecule has 19 heavy (non-hydrogen) atoms. The average molecular weight is 267 g/mol. The Morgan fingerprint density at radius 3 is 3.11 bits per heavy atom. The molecule has 1 unspecified atom stereocenters. The zero-order valence-corrected chi connectivity index (χ0v) is 11.0. The lowest BCUT2D eigenvalue weighted by atomic mass is 10.2. The van der Waals surface area contributed by atoms with Crippen LogP contribution in [0.2, 0.25) is 0 Å². The molecule has 0 radical (unpaired) electrons. The third kappa shape index (κ3) is 2.99. The SMILES string of the molecule is CCN1CCOC(c2ncc(C(=O)OC)c(=O)[nH]2)C1. The number of nitrogens with one attached hydrogen (secondary N) is 1. The zero-order valence-electron chi connectivity index (χ0n) is 11.0. The van der Waals surface area contributed by atoms with E-state index in [1.165, 1.54) is 13.3 Å². The van der Waals surface area contributed by atoms with E-state index >= 15 is 0 Å². The summed E-state index contributed by atoms with van der Waals surface area (Å²) in [5.41, 5.74) is -0.608. The van der Waals surface area contributed by atoms with Crippen molar-refractivity contribution in [1.29, 1.82) is 0 Å². The highest BCUT2D eigenvalue weighted by Crippen LogP contribution is 2.17. The highest BCUT2D eigenvalue weighted by atomic mass is 16.5. The van der Waals surface area contributed by atoms with Crippen LogP contribution in [0.15, 0.2) is 11.0 Å². The van der Waals surface area contributed by atoms with E-state index in [9.17, 15) is 9.59 Å². The van der Waals surface area contributed by atoms with Crippen LogP contribution in [0, 0.1) is 0 Å². The molecule has 2 rings (SSSR count). The first-order chi connectivity index (χ1) is 9.15. The summed E-state index contributed by atoms with van der Waals surface area (Å²) in [5.74, 6) is -0.254. The largest absolute Gasteiger partial charge is 0.465 e. The van der Waals surface area contributed by atoms with Gasteiger partial charge in [-0.05, 0) is 6.54 Å². The Morgan fingerprint density at radius 1 is 1.68 bits per heavy atom. The lowest BCUT2D eigenvalue weighted by Gasteiger charge is -2.31. The summed E-state index contributed by atoms with van der Waals surface area (Å²) in [7, 11) is 1.22. The van der Waals surface area contributed by atoms with E-state index in [1.54, 1.807) is 0 Å². The number of aromatic nitrogens is 2. The summed E-state index contributed by atoms with van der Waals surface area (Å²) >= 11 is 0. The minimum atomic E-state index is -0.694. The number of hydrogen-bond acceptors (Lipinski definition) is 6. The molecule has 1 aromatic heterocycles.